The summed E-state index contributed by atoms with van der Waals surface area (Å²) in [7, 11) is -3.15. The minimum absolute atomic E-state index is 0.341. The molecular formula is C19H23NO3S. The molecule has 0 aliphatic carbocycles. The molecule has 3 rings (SSSR count). The highest BCUT2D eigenvalue weighted by Crippen LogP contribution is 2.24. The predicted octanol–water partition coefficient (Wildman–Crippen LogP) is 3.23. The second-order valence-corrected chi connectivity index (χ2v) is 8.23. The molecule has 0 spiro atoms. The molecule has 5 heteroatoms. The Morgan fingerprint density at radius 1 is 0.917 bits per heavy atom. The molecule has 0 bridgehead atoms. The van der Waals surface area contributed by atoms with Crippen LogP contribution in [0.2, 0.25) is 0 Å². The monoisotopic (exact) mass is 345 g/mol. The Bertz CT molecular complexity index is 761. The molecule has 2 aromatic carbocycles. The van der Waals surface area contributed by atoms with Crippen molar-refractivity contribution >= 4 is 9.84 Å². The van der Waals surface area contributed by atoms with Crippen molar-refractivity contribution in [3.8, 4) is 16.9 Å². The summed E-state index contributed by atoms with van der Waals surface area (Å²) in [6.45, 7) is 4.06. The molecule has 1 heterocycles. The molecule has 1 aliphatic heterocycles. The molecule has 4 nitrogen and oxygen atoms in total. The van der Waals surface area contributed by atoms with Gasteiger partial charge < -0.3 is 4.74 Å². The largest absolute Gasteiger partial charge is 0.492 e. The maximum atomic E-state index is 11.5. The lowest BCUT2D eigenvalue weighted by atomic mass is 10.1. The van der Waals surface area contributed by atoms with Gasteiger partial charge in [0.2, 0.25) is 0 Å². The van der Waals surface area contributed by atoms with Crippen LogP contribution < -0.4 is 4.74 Å². The van der Waals surface area contributed by atoms with Crippen LogP contribution in [-0.2, 0) is 9.84 Å². The Hall–Kier alpha value is -1.85. The first-order valence-electron chi connectivity index (χ1n) is 8.28. The Kier molecular flexibility index (Phi) is 5.21. The summed E-state index contributed by atoms with van der Waals surface area (Å²) in [4.78, 5) is 2.77. The van der Waals surface area contributed by atoms with Gasteiger partial charge in [-0.05, 0) is 61.3 Å². The Balaban J connectivity index is 1.59. The zero-order valence-corrected chi connectivity index (χ0v) is 14.8. The van der Waals surface area contributed by atoms with Crippen LogP contribution in [0.15, 0.2) is 53.4 Å². The molecule has 1 fully saturated rings. The van der Waals surface area contributed by atoms with Crippen molar-refractivity contribution in [1.29, 1.82) is 0 Å². The molecule has 0 aromatic heterocycles. The summed E-state index contributed by atoms with van der Waals surface area (Å²) in [6, 6.07) is 14.9. The molecule has 128 valence electrons. The van der Waals surface area contributed by atoms with E-state index in [4.69, 9.17) is 4.74 Å². The number of rotatable bonds is 6. The first-order valence-corrected chi connectivity index (χ1v) is 10.2. The van der Waals surface area contributed by atoms with Crippen LogP contribution >= 0.6 is 0 Å². The highest BCUT2D eigenvalue weighted by Gasteiger charge is 2.11. The number of sulfone groups is 1. The number of ether oxygens (including phenoxy) is 1. The minimum Gasteiger partial charge on any atom is -0.492 e. The predicted molar refractivity (Wildman–Crippen MR) is 96.2 cm³/mol. The van der Waals surface area contributed by atoms with Gasteiger partial charge in [0.15, 0.2) is 9.84 Å². The molecule has 2 aromatic rings. The van der Waals surface area contributed by atoms with Gasteiger partial charge in [-0.2, -0.15) is 0 Å². The fourth-order valence-electron chi connectivity index (χ4n) is 2.94. The van der Waals surface area contributed by atoms with E-state index >= 15 is 0 Å². The number of hydrogen-bond donors (Lipinski definition) is 0. The summed E-state index contributed by atoms with van der Waals surface area (Å²) in [5, 5.41) is 0. The quantitative estimate of drug-likeness (QED) is 0.806. The molecule has 0 amide bonds. The zero-order valence-electron chi connectivity index (χ0n) is 13.9. The molecule has 0 atom stereocenters. The van der Waals surface area contributed by atoms with Gasteiger partial charge in [-0.15, -0.1) is 0 Å². The van der Waals surface area contributed by atoms with Crippen molar-refractivity contribution in [2.24, 2.45) is 0 Å². The summed E-state index contributed by atoms with van der Waals surface area (Å²) >= 11 is 0. The van der Waals surface area contributed by atoms with E-state index in [1.165, 1.54) is 32.2 Å². The van der Waals surface area contributed by atoms with Crippen molar-refractivity contribution in [3.63, 3.8) is 0 Å². The van der Waals surface area contributed by atoms with Crippen molar-refractivity contribution < 1.29 is 13.2 Å². The number of hydrogen-bond acceptors (Lipinski definition) is 4. The minimum atomic E-state index is -3.15. The summed E-state index contributed by atoms with van der Waals surface area (Å²) < 4.78 is 28.8. The van der Waals surface area contributed by atoms with Crippen molar-refractivity contribution in [2.45, 2.75) is 17.7 Å². The van der Waals surface area contributed by atoms with Gasteiger partial charge in [0, 0.05) is 12.8 Å². The van der Waals surface area contributed by atoms with Gasteiger partial charge >= 0.3 is 0 Å². The third-order valence-electron chi connectivity index (χ3n) is 4.35. The Labute approximate surface area is 144 Å². The van der Waals surface area contributed by atoms with Crippen LogP contribution in [0.4, 0.5) is 0 Å². The summed E-state index contributed by atoms with van der Waals surface area (Å²) in [5.74, 6) is 0.866. The fraction of sp³-hybridized carbons (Fsp3) is 0.368. The molecule has 0 saturated carbocycles. The van der Waals surface area contributed by atoms with Crippen LogP contribution in [0.3, 0.4) is 0 Å². The van der Waals surface area contributed by atoms with Crippen molar-refractivity contribution in [2.75, 3.05) is 32.5 Å². The first-order chi connectivity index (χ1) is 11.5. The highest BCUT2D eigenvalue weighted by atomic mass is 32.2. The van der Waals surface area contributed by atoms with E-state index in [-0.39, 0.29) is 0 Å². The van der Waals surface area contributed by atoms with Gasteiger partial charge in [-0.3, -0.25) is 4.90 Å². The van der Waals surface area contributed by atoms with Gasteiger partial charge in [0.25, 0.3) is 0 Å². The second kappa shape index (κ2) is 7.36. The standard InChI is InChI=1S/C19H23NO3S/c1-24(21,22)19-10-6-17(7-11-19)16-4-8-18(9-5-16)23-15-14-20-12-2-3-13-20/h4-11H,2-3,12-15H2,1H3. The van der Waals surface area contributed by atoms with Crippen LogP contribution in [0.25, 0.3) is 11.1 Å². The zero-order chi connectivity index (χ0) is 17.0. The average Bonchev–Trinajstić information content (AvgIpc) is 3.08. The van der Waals surface area contributed by atoms with E-state index in [0.717, 1.165) is 23.4 Å². The lowest BCUT2D eigenvalue weighted by Crippen LogP contribution is -2.25. The molecule has 24 heavy (non-hydrogen) atoms. The van der Waals surface area contributed by atoms with Gasteiger partial charge in [-0.25, -0.2) is 8.42 Å². The van der Waals surface area contributed by atoms with E-state index in [1.54, 1.807) is 12.1 Å². The lowest BCUT2D eigenvalue weighted by molar-refractivity contribution is 0.238. The third kappa shape index (κ3) is 4.36. The molecule has 0 radical (unpaired) electrons. The Morgan fingerprint density at radius 3 is 2.00 bits per heavy atom. The summed E-state index contributed by atoms with van der Waals surface area (Å²) in [6.07, 6.45) is 3.82. The molecular weight excluding hydrogens is 322 g/mol. The second-order valence-electron chi connectivity index (χ2n) is 6.22. The van der Waals surface area contributed by atoms with E-state index in [9.17, 15) is 8.42 Å². The van der Waals surface area contributed by atoms with Crippen molar-refractivity contribution in [1.82, 2.24) is 4.90 Å². The van der Waals surface area contributed by atoms with Crippen LogP contribution in [0.5, 0.6) is 5.75 Å². The van der Waals surface area contributed by atoms with Crippen LogP contribution in [0, 0.1) is 0 Å². The molecule has 1 aliphatic rings. The molecule has 0 unspecified atom stereocenters. The maximum Gasteiger partial charge on any atom is 0.175 e. The van der Waals surface area contributed by atoms with Crippen LogP contribution in [0.1, 0.15) is 12.8 Å². The Morgan fingerprint density at radius 2 is 1.46 bits per heavy atom. The highest BCUT2D eigenvalue weighted by molar-refractivity contribution is 7.90. The van der Waals surface area contributed by atoms with Gasteiger partial charge in [0.1, 0.15) is 12.4 Å². The van der Waals surface area contributed by atoms with E-state index in [2.05, 4.69) is 4.90 Å². The number of benzene rings is 2. The van der Waals surface area contributed by atoms with Crippen LogP contribution in [-0.4, -0.2) is 45.8 Å². The maximum absolute atomic E-state index is 11.5. The van der Waals surface area contributed by atoms with E-state index in [0.29, 0.717) is 11.5 Å². The van der Waals surface area contributed by atoms with E-state index < -0.39 is 9.84 Å². The topological polar surface area (TPSA) is 46.6 Å². The normalized spacial score (nSPS) is 15.5. The van der Waals surface area contributed by atoms with Crippen molar-refractivity contribution in [3.05, 3.63) is 48.5 Å². The smallest absolute Gasteiger partial charge is 0.175 e. The van der Waals surface area contributed by atoms with E-state index in [1.807, 2.05) is 36.4 Å². The van der Waals surface area contributed by atoms with Gasteiger partial charge in [-0.1, -0.05) is 24.3 Å². The third-order valence-corrected chi connectivity index (χ3v) is 5.47. The fourth-order valence-corrected chi connectivity index (χ4v) is 3.57. The number of likely N-dealkylation sites (tertiary alicyclic amines) is 1. The number of nitrogens with zero attached hydrogens (tertiary/aromatic N) is 1. The first kappa shape index (κ1) is 17.0. The molecule has 0 N–H and O–H groups in total. The average molecular weight is 345 g/mol. The molecule has 1 saturated heterocycles. The lowest BCUT2D eigenvalue weighted by Gasteiger charge is -2.15. The SMILES string of the molecule is CS(=O)(=O)c1ccc(-c2ccc(OCCN3CCCC3)cc2)cc1. The van der Waals surface area contributed by atoms with Gasteiger partial charge in [0.05, 0.1) is 4.90 Å². The summed E-state index contributed by atoms with van der Waals surface area (Å²) in [5.41, 5.74) is 2.04.